The van der Waals surface area contributed by atoms with E-state index < -0.39 is 0 Å². The molecule has 1 aromatic heterocycles. The number of hydrogen-bond acceptors (Lipinski definition) is 3. The number of methoxy groups -OCH3 is 1. The topological polar surface area (TPSA) is 39.2 Å². The lowest BCUT2D eigenvalue weighted by atomic mass is 9.97. The molecular formula is C11H10ClNO2. The third-order valence-electron chi connectivity index (χ3n) is 2.45. The Labute approximate surface area is 92.7 Å². The lowest BCUT2D eigenvalue weighted by Crippen LogP contribution is -2.06. The second-order valence-electron chi connectivity index (χ2n) is 3.30. The molecule has 0 aliphatic heterocycles. The molecule has 0 atom stereocenters. The Morgan fingerprint density at radius 1 is 1.47 bits per heavy atom. The summed E-state index contributed by atoms with van der Waals surface area (Å²) in [5.41, 5.74) is 2.38. The smallest absolute Gasteiger partial charge is 0.213 e. The van der Waals surface area contributed by atoms with E-state index in [4.69, 9.17) is 16.3 Å². The zero-order valence-corrected chi connectivity index (χ0v) is 9.04. The molecule has 0 unspecified atom stereocenters. The third-order valence-corrected chi connectivity index (χ3v) is 2.90. The number of aryl methyl sites for hydroxylation is 1. The summed E-state index contributed by atoms with van der Waals surface area (Å²) in [5.74, 6) is 0.577. The summed E-state index contributed by atoms with van der Waals surface area (Å²) in [6.07, 6.45) is 2.20. The summed E-state index contributed by atoms with van der Waals surface area (Å²) in [5, 5.41) is 0.515. The summed E-state index contributed by atoms with van der Waals surface area (Å²) in [4.78, 5) is 15.0. The van der Waals surface area contributed by atoms with E-state index in [0.717, 1.165) is 24.0 Å². The van der Waals surface area contributed by atoms with E-state index in [-0.39, 0.29) is 0 Å². The Bertz CT molecular complexity index is 440. The Balaban J connectivity index is 2.51. The molecule has 0 fully saturated rings. The fourth-order valence-corrected chi connectivity index (χ4v) is 1.94. The average molecular weight is 224 g/mol. The molecule has 0 saturated heterocycles. The van der Waals surface area contributed by atoms with E-state index >= 15 is 0 Å². The molecule has 2 rings (SSSR count). The average Bonchev–Trinajstić information content (AvgIpc) is 2.29. The van der Waals surface area contributed by atoms with Crippen LogP contribution in [-0.4, -0.2) is 18.4 Å². The second kappa shape index (κ2) is 4.03. The highest BCUT2D eigenvalue weighted by Gasteiger charge is 2.18. The highest BCUT2D eigenvalue weighted by molar-refractivity contribution is 6.50. The zero-order valence-electron chi connectivity index (χ0n) is 8.29. The van der Waals surface area contributed by atoms with Gasteiger partial charge in [-0.2, -0.15) is 0 Å². The molecule has 0 N–H and O–H groups in total. The summed E-state index contributed by atoms with van der Waals surface area (Å²) >= 11 is 6.08. The van der Waals surface area contributed by atoms with E-state index in [1.165, 1.54) is 0 Å². The molecule has 15 heavy (non-hydrogen) atoms. The number of rotatable bonds is 2. The number of carbonyl (C=O) groups excluding carboxylic acids is 1. The second-order valence-corrected chi connectivity index (χ2v) is 3.68. The van der Waals surface area contributed by atoms with Crippen molar-refractivity contribution in [1.29, 1.82) is 0 Å². The van der Waals surface area contributed by atoms with Gasteiger partial charge in [-0.3, -0.25) is 4.79 Å². The maximum Gasteiger partial charge on any atom is 0.213 e. The molecule has 78 valence electrons. The van der Waals surface area contributed by atoms with Crippen molar-refractivity contribution in [3.63, 3.8) is 0 Å². The van der Waals surface area contributed by atoms with Gasteiger partial charge in [0.05, 0.1) is 17.8 Å². The normalized spacial score (nSPS) is 14.8. The number of hydrogen-bond donors (Lipinski definition) is 0. The minimum Gasteiger partial charge on any atom is -0.481 e. The van der Waals surface area contributed by atoms with Crippen molar-refractivity contribution in [2.24, 2.45) is 0 Å². The molecule has 1 aliphatic rings. The highest BCUT2D eigenvalue weighted by atomic mass is 35.5. The lowest BCUT2D eigenvalue weighted by Gasteiger charge is -2.16. The molecule has 4 heteroatoms. The molecular weight excluding hydrogens is 214 g/mol. The highest BCUT2D eigenvalue weighted by Crippen LogP contribution is 2.33. The molecule has 0 aromatic carbocycles. The van der Waals surface area contributed by atoms with Gasteiger partial charge in [0.15, 0.2) is 0 Å². The van der Waals surface area contributed by atoms with Crippen molar-refractivity contribution in [2.45, 2.75) is 12.8 Å². The Hall–Kier alpha value is -1.35. The predicted molar refractivity (Wildman–Crippen MR) is 57.9 cm³/mol. The van der Waals surface area contributed by atoms with Gasteiger partial charge in [0.2, 0.25) is 5.88 Å². The van der Waals surface area contributed by atoms with Crippen LogP contribution in [-0.2, 0) is 11.2 Å². The number of pyridine rings is 1. The van der Waals surface area contributed by atoms with Crippen molar-refractivity contribution in [2.75, 3.05) is 7.11 Å². The van der Waals surface area contributed by atoms with Gasteiger partial charge in [0.25, 0.3) is 0 Å². The summed E-state index contributed by atoms with van der Waals surface area (Å²) in [7, 11) is 1.58. The first-order valence-electron chi connectivity index (χ1n) is 4.64. The Morgan fingerprint density at radius 3 is 2.93 bits per heavy atom. The van der Waals surface area contributed by atoms with Gasteiger partial charge in [-0.25, -0.2) is 4.98 Å². The van der Waals surface area contributed by atoms with Crippen LogP contribution in [0.2, 0.25) is 0 Å². The number of ether oxygens (including phenoxy) is 1. The van der Waals surface area contributed by atoms with E-state index in [2.05, 4.69) is 4.98 Å². The van der Waals surface area contributed by atoms with Crippen molar-refractivity contribution < 1.29 is 9.53 Å². The summed E-state index contributed by atoms with van der Waals surface area (Å²) < 4.78 is 5.03. The third kappa shape index (κ3) is 1.75. The summed E-state index contributed by atoms with van der Waals surface area (Å²) in [6.45, 7) is 0. The molecule has 0 bridgehead atoms. The fraction of sp³-hybridized carbons (Fsp3) is 0.273. The molecule has 3 nitrogen and oxygen atoms in total. The van der Waals surface area contributed by atoms with E-state index in [0.29, 0.717) is 22.9 Å². The maximum absolute atomic E-state index is 10.7. The monoisotopic (exact) mass is 223 g/mol. The molecule has 0 radical (unpaired) electrons. The first kappa shape index (κ1) is 10.2. The van der Waals surface area contributed by atoms with Gasteiger partial charge in [-0.05, 0) is 18.9 Å². The number of halogens is 1. The molecule has 0 spiro atoms. The number of aromatic nitrogens is 1. The van der Waals surface area contributed by atoms with Crippen molar-refractivity contribution in [3.8, 4) is 5.88 Å². The number of carbonyl (C=O) groups is 1. The number of allylic oxidation sites excluding steroid dienone is 1. The standard InChI is InChI=1S/C11H10ClNO2/c1-15-10-5-3-8-9(13-10)4-2-7(6-14)11(8)12/h3,5-6H,2,4H2,1H3. The summed E-state index contributed by atoms with van der Waals surface area (Å²) in [6, 6.07) is 3.58. The van der Waals surface area contributed by atoms with Crippen molar-refractivity contribution in [3.05, 3.63) is 29.0 Å². The quantitative estimate of drug-likeness (QED) is 0.722. The minimum absolute atomic E-state index is 0.515. The van der Waals surface area contributed by atoms with Crippen LogP contribution in [0.3, 0.4) is 0 Å². The predicted octanol–water partition coefficient (Wildman–Crippen LogP) is 2.19. The van der Waals surface area contributed by atoms with Crippen LogP contribution in [0.1, 0.15) is 17.7 Å². The number of nitrogens with zero attached hydrogens (tertiary/aromatic N) is 1. The SMILES string of the molecule is COc1ccc2c(n1)CCC(C=O)=C2Cl. The molecule has 1 aromatic rings. The molecule has 1 aliphatic carbocycles. The van der Waals surface area contributed by atoms with Crippen LogP contribution < -0.4 is 4.74 Å². The Kier molecular flexibility index (Phi) is 2.73. The van der Waals surface area contributed by atoms with Crippen LogP contribution >= 0.6 is 11.6 Å². The van der Waals surface area contributed by atoms with Gasteiger partial charge in [0.1, 0.15) is 6.29 Å². The van der Waals surface area contributed by atoms with Crippen molar-refractivity contribution >= 4 is 22.9 Å². The van der Waals surface area contributed by atoms with Crippen LogP contribution in [0.15, 0.2) is 17.7 Å². The zero-order chi connectivity index (χ0) is 10.8. The largest absolute Gasteiger partial charge is 0.481 e. The van der Waals surface area contributed by atoms with Crippen LogP contribution in [0.5, 0.6) is 5.88 Å². The van der Waals surface area contributed by atoms with E-state index in [1.54, 1.807) is 13.2 Å². The van der Waals surface area contributed by atoms with E-state index in [9.17, 15) is 4.79 Å². The van der Waals surface area contributed by atoms with Gasteiger partial charge in [-0.15, -0.1) is 0 Å². The van der Waals surface area contributed by atoms with Gasteiger partial charge < -0.3 is 4.74 Å². The van der Waals surface area contributed by atoms with Crippen LogP contribution in [0, 0.1) is 0 Å². The lowest BCUT2D eigenvalue weighted by molar-refractivity contribution is -0.105. The molecule has 0 amide bonds. The maximum atomic E-state index is 10.7. The first-order chi connectivity index (χ1) is 7.26. The van der Waals surface area contributed by atoms with Gasteiger partial charge >= 0.3 is 0 Å². The van der Waals surface area contributed by atoms with Crippen LogP contribution in [0.4, 0.5) is 0 Å². The van der Waals surface area contributed by atoms with Gasteiger partial charge in [0, 0.05) is 17.2 Å². The van der Waals surface area contributed by atoms with Crippen LogP contribution in [0.25, 0.3) is 5.03 Å². The van der Waals surface area contributed by atoms with E-state index in [1.807, 2.05) is 6.07 Å². The van der Waals surface area contributed by atoms with Gasteiger partial charge in [-0.1, -0.05) is 11.6 Å². The number of aldehydes is 1. The molecule has 0 saturated carbocycles. The Morgan fingerprint density at radius 2 is 2.27 bits per heavy atom. The number of fused-ring (bicyclic) bond motifs is 1. The molecule has 1 heterocycles. The van der Waals surface area contributed by atoms with Crippen molar-refractivity contribution in [1.82, 2.24) is 4.98 Å². The first-order valence-corrected chi connectivity index (χ1v) is 5.02. The minimum atomic E-state index is 0.515. The fourth-order valence-electron chi connectivity index (χ4n) is 1.63.